The Morgan fingerprint density at radius 1 is 1.07 bits per heavy atom. The molecule has 5 rings (SSSR count). The molecule has 2 aliphatic heterocycles. The van der Waals surface area contributed by atoms with E-state index in [0.717, 1.165) is 39.2 Å². The quantitative estimate of drug-likeness (QED) is 0.579. The van der Waals surface area contributed by atoms with Crippen LogP contribution in [0.2, 0.25) is 0 Å². The fraction of sp³-hybridized carbons (Fsp3) is 0.174. The second-order valence-corrected chi connectivity index (χ2v) is 8.00. The molecule has 0 aliphatic carbocycles. The van der Waals surface area contributed by atoms with Crippen LogP contribution >= 0.6 is 15.9 Å². The lowest BCUT2D eigenvalue weighted by atomic mass is 9.96. The molecule has 1 N–H and O–H groups in total. The highest BCUT2D eigenvalue weighted by molar-refractivity contribution is 9.10. The zero-order valence-corrected chi connectivity index (χ0v) is 17.3. The van der Waals surface area contributed by atoms with Crippen LogP contribution in [0.1, 0.15) is 35.4 Å². The molecule has 6 heteroatoms. The summed E-state index contributed by atoms with van der Waals surface area (Å²) in [5, 5.41) is 17.3. The third-order valence-corrected chi connectivity index (χ3v) is 5.87. The molecule has 0 amide bonds. The van der Waals surface area contributed by atoms with Crippen LogP contribution < -0.4 is 9.47 Å². The highest BCUT2D eigenvalue weighted by Gasteiger charge is 2.41. The van der Waals surface area contributed by atoms with E-state index < -0.39 is 6.23 Å². The average molecular weight is 451 g/mol. The molecule has 0 radical (unpaired) electrons. The number of phenols is 1. The van der Waals surface area contributed by atoms with E-state index >= 15 is 0 Å². The van der Waals surface area contributed by atoms with Crippen molar-refractivity contribution < 1.29 is 14.6 Å². The van der Waals surface area contributed by atoms with Gasteiger partial charge in [-0.1, -0.05) is 28.1 Å². The van der Waals surface area contributed by atoms with Gasteiger partial charge >= 0.3 is 0 Å². The molecule has 0 saturated carbocycles. The van der Waals surface area contributed by atoms with E-state index in [4.69, 9.17) is 14.6 Å². The van der Waals surface area contributed by atoms with Crippen LogP contribution in [0.15, 0.2) is 76.3 Å². The molecule has 0 unspecified atom stereocenters. The minimum absolute atomic E-state index is 0.0259. The Morgan fingerprint density at radius 3 is 2.62 bits per heavy atom. The second kappa shape index (κ2) is 7.12. The number of phenolic OH excluding ortho intramolecular Hbond substituents is 1. The van der Waals surface area contributed by atoms with Crippen LogP contribution in [0.25, 0.3) is 0 Å². The zero-order valence-electron chi connectivity index (χ0n) is 15.7. The van der Waals surface area contributed by atoms with E-state index in [9.17, 15) is 5.11 Å². The van der Waals surface area contributed by atoms with Crippen molar-refractivity contribution in [3.63, 3.8) is 0 Å². The maximum atomic E-state index is 10.4. The summed E-state index contributed by atoms with van der Waals surface area (Å²) in [5.41, 5.74) is 3.81. The van der Waals surface area contributed by atoms with Gasteiger partial charge in [-0.15, -0.1) is 0 Å². The van der Waals surface area contributed by atoms with Gasteiger partial charge in [0, 0.05) is 16.5 Å². The van der Waals surface area contributed by atoms with Crippen LogP contribution in [0.4, 0.5) is 0 Å². The van der Waals surface area contributed by atoms with Gasteiger partial charge < -0.3 is 14.6 Å². The molecular weight excluding hydrogens is 432 g/mol. The number of para-hydroxylation sites is 1. The van der Waals surface area contributed by atoms with E-state index in [0.29, 0.717) is 5.56 Å². The van der Waals surface area contributed by atoms with Gasteiger partial charge in [0.15, 0.2) is 0 Å². The van der Waals surface area contributed by atoms with Crippen molar-refractivity contribution in [1.29, 1.82) is 0 Å². The SMILES string of the molecule is COc1ccc(C2=NN3[C@@H](C2)c2cc(Br)ccc2O[C@H]3c2ccccc2O)cc1. The lowest BCUT2D eigenvalue weighted by molar-refractivity contribution is -0.0203. The van der Waals surface area contributed by atoms with Crippen LogP contribution in [0.3, 0.4) is 0 Å². The van der Waals surface area contributed by atoms with E-state index in [1.165, 1.54) is 0 Å². The Bertz CT molecular complexity index is 1100. The summed E-state index contributed by atoms with van der Waals surface area (Å²) < 4.78 is 12.6. The minimum atomic E-state index is -0.495. The lowest BCUT2D eigenvalue weighted by Gasteiger charge is -2.38. The third-order valence-electron chi connectivity index (χ3n) is 5.38. The fourth-order valence-corrected chi connectivity index (χ4v) is 4.30. The number of methoxy groups -OCH3 is 1. The van der Waals surface area contributed by atoms with Crippen molar-refractivity contribution in [2.45, 2.75) is 18.7 Å². The maximum absolute atomic E-state index is 10.4. The molecule has 5 nitrogen and oxygen atoms in total. The molecule has 0 saturated heterocycles. The number of nitrogens with zero attached hydrogens (tertiary/aromatic N) is 2. The Kier molecular flexibility index (Phi) is 4.43. The molecular formula is C23H19BrN2O3. The molecule has 2 aliphatic rings. The first-order valence-corrected chi connectivity index (χ1v) is 10.2. The summed E-state index contributed by atoms with van der Waals surface area (Å²) in [7, 11) is 1.66. The van der Waals surface area contributed by atoms with Gasteiger partial charge in [-0.25, -0.2) is 5.01 Å². The molecule has 0 spiro atoms. The summed E-state index contributed by atoms with van der Waals surface area (Å²) >= 11 is 3.57. The normalized spacial score (nSPS) is 19.8. The molecule has 29 heavy (non-hydrogen) atoms. The Balaban J connectivity index is 1.59. The van der Waals surface area contributed by atoms with Gasteiger partial charge in [-0.2, -0.15) is 5.10 Å². The van der Waals surface area contributed by atoms with Crippen molar-refractivity contribution >= 4 is 21.6 Å². The number of hydrogen-bond donors (Lipinski definition) is 1. The third kappa shape index (κ3) is 3.13. The molecule has 3 aromatic carbocycles. The van der Waals surface area contributed by atoms with Gasteiger partial charge in [0.05, 0.1) is 24.4 Å². The number of hydrazone groups is 1. The van der Waals surface area contributed by atoms with E-state index in [1.807, 2.05) is 53.5 Å². The van der Waals surface area contributed by atoms with Gasteiger partial charge in [-0.05, 0) is 60.2 Å². The monoisotopic (exact) mass is 450 g/mol. The topological polar surface area (TPSA) is 54.3 Å². The van der Waals surface area contributed by atoms with E-state index in [-0.39, 0.29) is 11.8 Å². The number of aromatic hydroxyl groups is 1. The Labute approximate surface area is 177 Å². The molecule has 2 atom stereocenters. The first-order chi connectivity index (χ1) is 14.1. The van der Waals surface area contributed by atoms with Gasteiger partial charge in [0.2, 0.25) is 6.23 Å². The number of fused-ring (bicyclic) bond motifs is 3. The molecule has 0 aromatic heterocycles. The fourth-order valence-electron chi connectivity index (χ4n) is 3.92. The summed E-state index contributed by atoms with van der Waals surface area (Å²) in [5.74, 6) is 1.83. The Hall–Kier alpha value is -2.99. The zero-order chi connectivity index (χ0) is 20.0. The minimum Gasteiger partial charge on any atom is -0.507 e. The smallest absolute Gasteiger partial charge is 0.217 e. The number of rotatable bonds is 3. The predicted molar refractivity (Wildman–Crippen MR) is 114 cm³/mol. The average Bonchev–Trinajstić information content (AvgIpc) is 3.20. The molecule has 0 bridgehead atoms. The lowest BCUT2D eigenvalue weighted by Crippen LogP contribution is -2.33. The largest absolute Gasteiger partial charge is 0.507 e. The predicted octanol–water partition coefficient (Wildman–Crippen LogP) is 5.41. The molecule has 2 heterocycles. The van der Waals surface area contributed by atoms with Crippen LogP contribution in [-0.2, 0) is 0 Å². The van der Waals surface area contributed by atoms with Gasteiger partial charge in [0.25, 0.3) is 0 Å². The first-order valence-electron chi connectivity index (χ1n) is 9.38. The van der Waals surface area contributed by atoms with Crippen LogP contribution in [-0.4, -0.2) is 22.9 Å². The summed E-state index contributed by atoms with van der Waals surface area (Å²) in [6, 6.07) is 21.2. The second-order valence-electron chi connectivity index (χ2n) is 7.09. The van der Waals surface area contributed by atoms with E-state index in [2.05, 4.69) is 22.0 Å². The van der Waals surface area contributed by atoms with Gasteiger partial charge in [0.1, 0.15) is 17.2 Å². The van der Waals surface area contributed by atoms with E-state index in [1.54, 1.807) is 19.2 Å². The van der Waals surface area contributed by atoms with Crippen molar-refractivity contribution in [2.24, 2.45) is 5.10 Å². The summed E-state index contributed by atoms with van der Waals surface area (Å²) in [6.07, 6.45) is 0.258. The maximum Gasteiger partial charge on any atom is 0.217 e. The van der Waals surface area contributed by atoms with Crippen LogP contribution in [0, 0.1) is 0 Å². The highest BCUT2D eigenvalue weighted by Crippen LogP contribution is 2.49. The van der Waals surface area contributed by atoms with Crippen molar-refractivity contribution in [3.8, 4) is 17.2 Å². The summed E-state index contributed by atoms with van der Waals surface area (Å²) in [4.78, 5) is 0. The van der Waals surface area contributed by atoms with Crippen molar-refractivity contribution in [3.05, 3.63) is 87.9 Å². The van der Waals surface area contributed by atoms with Gasteiger partial charge in [-0.3, -0.25) is 0 Å². The van der Waals surface area contributed by atoms with Crippen LogP contribution in [0.5, 0.6) is 17.2 Å². The standard InChI is InChI=1S/C23H19BrN2O3/c1-28-16-9-6-14(7-10-16)19-13-20-18-12-15(24)8-11-22(18)29-23(26(20)25-19)17-4-2-3-5-21(17)27/h2-12,20,23,27H,13H2,1H3/t20-,23-/m0/s1. The highest BCUT2D eigenvalue weighted by atomic mass is 79.9. The number of halogens is 1. The molecule has 3 aromatic rings. The summed E-state index contributed by atoms with van der Waals surface area (Å²) in [6.45, 7) is 0. The molecule has 0 fully saturated rings. The number of benzene rings is 3. The van der Waals surface area contributed by atoms with Crippen molar-refractivity contribution in [1.82, 2.24) is 5.01 Å². The van der Waals surface area contributed by atoms with Crippen molar-refractivity contribution in [2.75, 3.05) is 7.11 Å². The number of hydrogen-bond acceptors (Lipinski definition) is 5. The molecule has 146 valence electrons. The first kappa shape index (κ1) is 18.1. The number of ether oxygens (including phenoxy) is 2. The Morgan fingerprint density at radius 2 is 1.86 bits per heavy atom.